The van der Waals surface area contributed by atoms with Crippen LogP contribution in [0.5, 0.6) is 0 Å². The van der Waals surface area contributed by atoms with Crippen LogP contribution < -0.4 is 5.73 Å². The molecule has 2 aromatic rings. The molecule has 1 fully saturated rings. The Morgan fingerprint density at radius 3 is 2.57 bits per heavy atom. The Labute approximate surface area is 123 Å². The Morgan fingerprint density at radius 2 is 1.90 bits per heavy atom. The average Bonchev–Trinajstić information content (AvgIpc) is 2.86. The number of hydrogen-bond acceptors (Lipinski definition) is 4. The van der Waals surface area contributed by atoms with Crippen LogP contribution in [0.15, 0.2) is 22.7 Å². The molecule has 1 aromatic heterocycles. The molecule has 0 bridgehead atoms. The average molecular weight is 289 g/mol. The largest absolute Gasteiger partial charge is 0.334 e. The van der Waals surface area contributed by atoms with Gasteiger partial charge in [-0.3, -0.25) is 0 Å². The third-order valence-corrected chi connectivity index (χ3v) is 4.27. The van der Waals surface area contributed by atoms with Crippen LogP contribution in [0, 0.1) is 12.7 Å². The highest BCUT2D eigenvalue weighted by Gasteiger charge is 2.33. The Hall–Kier alpha value is -1.75. The third-order valence-electron chi connectivity index (χ3n) is 4.27. The topological polar surface area (TPSA) is 64.9 Å². The molecule has 0 unspecified atom stereocenters. The van der Waals surface area contributed by atoms with Crippen LogP contribution in [0.4, 0.5) is 4.39 Å². The van der Waals surface area contributed by atoms with Gasteiger partial charge in [0.25, 0.3) is 5.89 Å². The minimum atomic E-state index is -0.493. The highest BCUT2D eigenvalue weighted by molar-refractivity contribution is 5.54. The van der Waals surface area contributed by atoms with Crippen LogP contribution in [-0.4, -0.2) is 10.1 Å². The molecule has 0 radical (unpaired) electrons. The van der Waals surface area contributed by atoms with Gasteiger partial charge in [-0.25, -0.2) is 4.39 Å². The summed E-state index contributed by atoms with van der Waals surface area (Å²) in [7, 11) is 0. The van der Waals surface area contributed by atoms with E-state index >= 15 is 0 Å². The summed E-state index contributed by atoms with van der Waals surface area (Å²) in [6.07, 6.45) is 6.37. The van der Waals surface area contributed by atoms with Gasteiger partial charge < -0.3 is 10.3 Å². The maximum absolute atomic E-state index is 13.3. The van der Waals surface area contributed by atoms with Crippen molar-refractivity contribution in [1.82, 2.24) is 10.1 Å². The number of hydrogen-bond donors (Lipinski definition) is 1. The van der Waals surface area contributed by atoms with E-state index < -0.39 is 5.54 Å². The number of nitrogens with zero attached hydrogens (tertiary/aromatic N) is 2. The van der Waals surface area contributed by atoms with E-state index in [1.54, 1.807) is 19.1 Å². The Kier molecular flexibility index (Phi) is 3.76. The number of halogens is 1. The molecule has 112 valence electrons. The van der Waals surface area contributed by atoms with Gasteiger partial charge in [-0.15, -0.1) is 0 Å². The van der Waals surface area contributed by atoms with Crippen LogP contribution in [0.2, 0.25) is 0 Å². The first-order chi connectivity index (χ1) is 10.1. The fraction of sp³-hybridized carbons (Fsp3) is 0.500. The first-order valence-electron chi connectivity index (χ1n) is 7.48. The Morgan fingerprint density at radius 1 is 1.19 bits per heavy atom. The number of aromatic nitrogens is 2. The zero-order chi connectivity index (χ0) is 14.9. The predicted octanol–water partition coefficient (Wildman–Crippen LogP) is 3.69. The van der Waals surface area contributed by atoms with E-state index in [4.69, 9.17) is 10.3 Å². The molecular formula is C16H20FN3O. The van der Waals surface area contributed by atoms with Crippen molar-refractivity contribution in [3.05, 3.63) is 35.4 Å². The van der Waals surface area contributed by atoms with E-state index in [1.165, 1.54) is 18.9 Å². The van der Waals surface area contributed by atoms with Crippen molar-refractivity contribution in [2.24, 2.45) is 5.73 Å². The zero-order valence-electron chi connectivity index (χ0n) is 12.2. The minimum absolute atomic E-state index is 0.238. The molecule has 1 heterocycles. The fourth-order valence-corrected chi connectivity index (χ4v) is 2.90. The second kappa shape index (κ2) is 5.56. The maximum atomic E-state index is 13.3. The number of nitrogens with two attached hydrogens (primary N) is 1. The molecule has 1 aromatic carbocycles. The summed E-state index contributed by atoms with van der Waals surface area (Å²) in [6.45, 7) is 1.71. The van der Waals surface area contributed by atoms with Gasteiger partial charge in [0.15, 0.2) is 5.82 Å². The minimum Gasteiger partial charge on any atom is -0.334 e. The number of aryl methyl sites for hydroxylation is 1. The molecule has 5 heteroatoms. The lowest BCUT2D eigenvalue weighted by Crippen LogP contribution is -2.37. The normalized spacial score (nSPS) is 18.4. The van der Waals surface area contributed by atoms with Gasteiger partial charge in [-0.1, -0.05) is 30.8 Å². The molecule has 3 rings (SSSR count). The van der Waals surface area contributed by atoms with Gasteiger partial charge in [-0.05, 0) is 43.5 Å². The third kappa shape index (κ3) is 2.83. The SMILES string of the molecule is Cc1cc(-c2nc(C3(N)CCCCCC3)no2)ccc1F. The Bertz CT molecular complexity index is 630. The van der Waals surface area contributed by atoms with Crippen LogP contribution >= 0.6 is 0 Å². The van der Waals surface area contributed by atoms with E-state index in [9.17, 15) is 4.39 Å². The van der Waals surface area contributed by atoms with Gasteiger partial charge in [0.05, 0.1) is 5.54 Å². The van der Waals surface area contributed by atoms with Gasteiger partial charge in [-0.2, -0.15) is 4.98 Å². The highest BCUT2D eigenvalue weighted by atomic mass is 19.1. The van der Waals surface area contributed by atoms with Crippen molar-refractivity contribution in [2.75, 3.05) is 0 Å². The molecule has 21 heavy (non-hydrogen) atoms. The zero-order valence-corrected chi connectivity index (χ0v) is 12.2. The van der Waals surface area contributed by atoms with Crippen LogP contribution in [0.3, 0.4) is 0 Å². The standard InChI is InChI=1S/C16H20FN3O/c1-11-10-12(6-7-13(11)17)14-19-15(20-21-14)16(18)8-4-2-3-5-9-16/h6-7,10H,2-5,8-9,18H2,1H3. The van der Waals surface area contributed by atoms with E-state index in [1.807, 2.05) is 0 Å². The number of rotatable bonds is 2. The fourth-order valence-electron chi connectivity index (χ4n) is 2.90. The summed E-state index contributed by atoms with van der Waals surface area (Å²) in [6, 6.07) is 4.78. The Balaban J connectivity index is 1.90. The first-order valence-corrected chi connectivity index (χ1v) is 7.48. The summed E-state index contributed by atoms with van der Waals surface area (Å²) >= 11 is 0. The van der Waals surface area contributed by atoms with Crippen molar-refractivity contribution in [3.8, 4) is 11.5 Å². The van der Waals surface area contributed by atoms with Gasteiger partial charge in [0, 0.05) is 5.56 Å². The van der Waals surface area contributed by atoms with Gasteiger partial charge >= 0.3 is 0 Å². The summed E-state index contributed by atoms with van der Waals surface area (Å²) in [5.41, 5.74) is 7.27. The van der Waals surface area contributed by atoms with E-state index in [2.05, 4.69) is 10.1 Å². The molecule has 4 nitrogen and oxygen atoms in total. The van der Waals surface area contributed by atoms with E-state index in [-0.39, 0.29) is 5.82 Å². The summed E-state index contributed by atoms with van der Waals surface area (Å²) in [5.74, 6) is 0.737. The van der Waals surface area contributed by atoms with E-state index in [0.29, 0.717) is 17.3 Å². The second-order valence-corrected chi connectivity index (χ2v) is 5.96. The molecule has 0 spiro atoms. The predicted molar refractivity (Wildman–Crippen MR) is 78.0 cm³/mol. The lowest BCUT2D eigenvalue weighted by molar-refractivity contribution is 0.334. The smallest absolute Gasteiger partial charge is 0.258 e. The monoisotopic (exact) mass is 289 g/mol. The van der Waals surface area contributed by atoms with Crippen molar-refractivity contribution in [1.29, 1.82) is 0 Å². The quantitative estimate of drug-likeness (QED) is 0.856. The maximum Gasteiger partial charge on any atom is 0.258 e. The van der Waals surface area contributed by atoms with Crippen molar-refractivity contribution < 1.29 is 8.91 Å². The summed E-state index contributed by atoms with van der Waals surface area (Å²) in [4.78, 5) is 4.46. The van der Waals surface area contributed by atoms with Crippen LogP contribution in [-0.2, 0) is 5.54 Å². The number of benzene rings is 1. The molecule has 0 atom stereocenters. The molecule has 0 aliphatic heterocycles. The molecule has 1 aliphatic carbocycles. The molecule has 1 aliphatic rings. The lowest BCUT2D eigenvalue weighted by Gasteiger charge is -2.23. The van der Waals surface area contributed by atoms with Crippen molar-refractivity contribution >= 4 is 0 Å². The molecular weight excluding hydrogens is 269 g/mol. The van der Waals surface area contributed by atoms with Gasteiger partial charge in [0.1, 0.15) is 5.82 Å². The molecule has 0 amide bonds. The highest BCUT2D eigenvalue weighted by Crippen LogP contribution is 2.33. The summed E-state index contributed by atoms with van der Waals surface area (Å²) in [5, 5.41) is 4.08. The molecule has 0 saturated heterocycles. The first kappa shape index (κ1) is 14.2. The van der Waals surface area contributed by atoms with Crippen LogP contribution in [0.25, 0.3) is 11.5 Å². The van der Waals surface area contributed by atoms with E-state index in [0.717, 1.165) is 31.2 Å². The van der Waals surface area contributed by atoms with Gasteiger partial charge in [0.2, 0.25) is 0 Å². The second-order valence-electron chi connectivity index (χ2n) is 5.96. The van der Waals surface area contributed by atoms with Crippen molar-refractivity contribution in [3.63, 3.8) is 0 Å². The molecule has 2 N–H and O–H groups in total. The summed E-state index contributed by atoms with van der Waals surface area (Å²) < 4.78 is 18.7. The molecule has 1 saturated carbocycles. The van der Waals surface area contributed by atoms with Crippen molar-refractivity contribution in [2.45, 2.75) is 51.0 Å². The van der Waals surface area contributed by atoms with Crippen LogP contribution in [0.1, 0.15) is 49.9 Å². The lowest BCUT2D eigenvalue weighted by atomic mass is 9.91.